The predicted octanol–water partition coefficient (Wildman–Crippen LogP) is 1.82. The molecule has 0 spiro atoms. The van der Waals surface area contributed by atoms with Crippen LogP contribution >= 0.6 is 12.4 Å². The Morgan fingerprint density at radius 1 is 1.58 bits per heavy atom. The van der Waals surface area contributed by atoms with Crippen molar-refractivity contribution in [3.8, 4) is 0 Å². The molecule has 6 heteroatoms. The van der Waals surface area contributed by atoms with Crippen LogP contribution in [0.15, 0.2) is 12.4 Å². The fraction of sp³-hybridized carbons (Fsp3) is 0.692. The highest BCUT2D eigenvalue weighted by atomic mass is 35.5. The highest BCUT2D eigenvalue weighted by Gasteiger charge is 2.26. The van der Waals surface area contributed by atoms with Gasteiger partial charge in [-0.15, -0.1) is 12.4 Å². The molecule has 5 nitrogen and oxygen atoms in total. The van der Waals surface area contributed by atoms with E-state index >= 15 is 0 Å². The van der Waals surface area contributed by atoms with E-state index in [1.165, 1.54) is 0 Å². The summed E-state index contributed by atoms with van der Waals surface area (Å²) in [4.78, 5) is 12.1. The molecule has 1 unspecified atom stereocenters. The van der Waals surface area contributed by atoms with Gasteiger partial charge in [0, 0.05) is 24.8 Å². The molecule has 19 heavy (non-hydrogen) atoms. The van der Waals surface area contributed by atoms with Gasteiger partial charge < -0.3 is 11.1 Å². The molecule has 110 valence electrons. The van der Waals surface area contributed by atoms with Crippen molar-refractivity contribution in [2.24, 2.45) is 11.7 Å². The Balaban J connectivity index is 0.00000324. The number of carbonyl (C=O) groups is 1. The van der Waals surface area contributed by atoms with E-state index in [1.807, 2.05) is 13.8 Å². The number of hydrogen-bond donors (Lipinski definition) is 2. The lowest BCUT2D eigenvalue weighted by atomic mass is 9.90. The standard InChI is InChI=1S/C13H24N4O.ClH/c1-5-17-8-11(7-15-17)12(18)16-13(4,9-14)6-10(2)3;/h7-8,10H,5-6,9,14H2,1-4H3,(H,16,18);1H. The third-order valence-electron chi connectivity index (χ3n) is 2.94. The van der Waals surface area contributed by atoms with Gasteiger partial charge in [0.25, 0.3) is 5.91 Å². The molecular weight excluding hydrogens is 264 g/mol. The molecule has 1 atom stereocenters. The monoisotopic (exact) mass is 288 g/mol. The first kappa shape index (κ1) is 17.9. The van der Waals surface area contributed by atoms with Crippen molar-refractivity contribution in [1.82, 2.24) is 15.1 Å². The molecular formula is C13H25ClN4O. The fourth-order valence-electron chi connectivity index (χ4n) is 2.09. The largest absolute Gasteiger partial charge is 0.346 e. The van der Waals surface area contributed by atoms with Crippen molar-refractivity contribution in [3.63, 3.8) is 0 Å². The van der Waals surface area contributed by atoms with E-state index < -0.39 is 0 Å². The number of carbonyl (C=O) groups excluding carboxylic acids is 1. The van der Waals surface area contributed by atoms with E-state index in [2.05, 4.69) is 24.3 Å². The van der Waals surface area contributed by atoms with Crippen LogP contribution in [0.25, 0.3) is 0 Å². The Morgan fingerprint density at radius 3 is 2.63 bits per heavy atom. The number of nitrogens with one attached hydrogen (secondary N) is 1. The van der Waals surface area contributed by atoms with E-state index in [1.54, 1.807) is 17.1 Å². The van der Waals surface area contributed by atoms with E-state index in [0.29, 0.717) is 18.0 Å². The summed E-state index contributed by atoms with van der Waals surface area (Å²) < 4.78 is 1.73. The minimum atomic E-state index is -0.362. The average molecular weight is 289 g/mol. The van der Waals surface area contributed by atoms with Crippen molar-refractivity contribution >= 4 is 18.3 Å². The van der Waals surface area contributed by atoms with Crippen LogP contribution in [-0.4, -0.2) is 27.8 Å². The van der Waals surface area contributed by atoms with Crippen LogP contribution in [0.5, 0.6) is 0 Å². The van der Waals surface area contributed by atoms with Crippen LogP contribution in [0, 0.1) is 5.92 Å². The van der Waals surface area contributed by atoms with Gasteiger partial charge in [-0.3, -0.25) is 9.48 Å². The minimum absolute atomic E-state index is 0. The first-order valence-corrected chi connectivity index (χ1v) is 6.45. The molecule has 3 N–H and O–H groups in total. The molecule has 1 aromatic rings. The Labute approximate surface area is 121 Å². The van der Waals surface area contributed by atoms with E-state index in [4.69, 9.17) is 5.73 Å². The summed E-state index contributed by atoms with van der Waals surface area (Å²) in [6, 6.07) is 0. The summed E-state index contributed by atoms with van der Waals surface area (Å²) in [6.07, 6.45) is 4.20. The van der Waals surface area contributed by atoms with Crippen molar-refractivity contribution < 1.29 is 4.79 Å². The predicted molar refractivity (Wildman–Crippen MR) is 79.5 cm³/mol. The van der Waals surface area contributed by atoms with Gasteiger partial charge in [-0.2, -0.15) is 5.10 Å². The first-order chi connectivity index (χ1) is 8.40. The molecule has 0 radical (unpaired) electrons. The summed E-state index contributed by atoms with van der Waals surface area (Å²) in [5.41, 5.74) is 6.00. The van der Waals surface area contributed by atoms with Crippen LogP contribution in [0.3, 0.4) is 0 Å². The lowest BCUT2D eigenvalue weighted by Gasteiger charge is -2.31. The lowest BCUT2D eigenvalue weighted by molar-refractivity contribution is 0.0898. The van der Waals surface area contributed by atoms with Crippen molar-refractivity contribution in [1.29, 1.82) is 0 Å². The number of rotatable bonds is 6. The van der Waals surface area contributed by atoms with Crippen molar-refractivity contribution in [2.45, 2.75) is 46.2 Å². The number of aromatic nitrogens is 2. The van der Waals surface area contributed by atoms with Gasteiger partial charge in [-0.1, -0.05) is 13.8 Å². The number of nitrogens with two attached hydrogens (primary N) is 1. The molecule has 0 aromatic carbocycles. The molecule has 0 aliphatic rings. The number of aryl methyl sites for hydroxylation is 1. The Bertz CT molecular complexity index is 405. The number of amides is 1. The molecule has 0 saturated heterocycles. The average Bonchev–Trinajstić information content (AvgIpc) is 2.76. The molecule has 1 rings (SSSR count). The van der Waals surface area contributed by atoms with Gasteiger partial charge >= 0.3 is 0 Å². The van der Waals surface area contributed by atoms with Crippen LogP contribution in [0.2, 0.25) is 0 Å². The Morgan fingerprint density at radius 2 is 2.21 bits per heavy atom. The minimum Gasteiger partial charge on any atom is -0.346 e. The second-order valence-corrected chi connectivity index (χ2v) is 5.40. The van der Waals surface area contributed by atoms with Crippen LogP contribution < -0.4 is 11.1 Å². The third kappa shape index (κ3) is 5.20. The summed E-state index contributed by atoms with van der Waals surface area (Å²) in [5.74, 6) is 0.375. The second kappa shape index (κ2) is 7.50. The van der Waals surface area contributed by atoms with Gasteiger partial charge in [-0.25, -0.2) is 0 Å². The number of halogens is 1. The van der Waals surface area contributed by atoms with Crippen LogP contribution in [-0.2, 0) is 6.54 Å². The fourth-order valence-corrected chi connectivity index (χ4v) is 2.09. The van der Waals surface area contributed by atoms with Crippen molar-refractivity contribution in [2.75, 3.05) is 6.54 Å². The molecule has 0 fully saturated rings. The third-order valence-corrected chi connectivity index (χ3v) is 2.94. The lowest BCUT2D eigenvalue weighted by Crippen LogP contribution is -2.52. The van der Waals surface area contributed by atoms with E-state index in [0.717, 1.165) is 13.0 Å². The second-order valence-electron chi connectivity index (χ2n) is 5.40. The molecule has 0 bridgehead atoms. The molecule has 0 aliphatic carbocycles. The highest BCUT2D eigenvalue weighted by Crippen LogP contribution is 2.16. The SMILES string of the molecule is CCn1cc(C(=O)NC(C)(CN)CC(C)C)cn1.Cl. The highest BCUT2D eigenvalue weighted by molar-refractivity contribution is 5.94. The summed E-state index contributed by atoms with van der Waals surface area (Å²) in [7, 11) is 0. The van der Waals surface area contributed by atoms with Gasteiger partial charge in [0.1, 0.15) is 0 Å². The first-order valence-electron chi connectivity index (χ1n) is 6.45. The van der Waals surface area contributed by atoms with Gasteiger partial charge in [-0.05, 0) is 26.2 Å². The zero-order chi connectivity index (χ0) is 13.8. The Kier molecular flexibility index (Phi) is 7.08. The van der Waals surface area contributed by atoms with Gasteiger partial charge in [0.2, 0.25) is 0 Å². The van der Waals surface area contributed by atoms with Crippen LogP contribution in [0.4, 0.5) is 0 Å². The van der Waals surface area contributed by atoms with Gasteiger partial charge in [0.05, 0.1) is 11.8 Å². The normalized spacial score (nSPS) is 13.8. The molecule has 0 aliphatic heterocycles. The number of hydrogen-bond acceptors (Lipinski definition) is 3. The molecule has 1 amide bonds. The quantitative estimate of drug-likeness (QED) is 0.838. The maximum absolute atomic E-state index is 12.1. The van der Waals surface area contributed by atoms with Gasteiger partial charge in [0.15, 0.2) is 0 Å². The zero-order valence-corrected chi connectivity index (χ0v) is 13.0. The van der Waals surface area contributed by atoms with E-state index in [9.17, 15) is 4.79 Å². The maximum atomic E-state index is 12.1. The summed E-state index contributed by atoms with van der Waals surface area (Å²) in [6.45, 7) is 9.39. The molecule has 1 heterocycles. The van der Waals surface area contributed by atoms with E-state index in [-0.39, 0.29) is 23.9 Å². The molecule has 0 saturated carbocycles. The maximum Gasteiger partial charge on any atom is 0.254 e. The van der Waals surface area contributed by atoms with Crippen molar-refractivity contribution in [3.05, 3.63) is 18.0 Å². The Hall–Kier alpha value is -1.07. The number of nitrogens with zero attached hydrogens (tertiary/aromatic N) is 2. The summed E-state index contributed by atoms with van der Waals surface area (Å²) >= 11 is 0. The smallest absolute Gasteiger partial charge is 0.254 e. The molecule has 1 aromatic heterocycles. The zero-order valence-electron chi connectivity index (χ0n) is 12.1. The summed E-state index contributed by atoms with van der Waals surface area (Å²) in [5, 5.41) is 7.11. The van der Waals surface area contributed by atoms with Crippen LogP contribution in [0.1, 0.15) is 44.5 Å². The topological polar surface area (TPSA) is 72.9 Å².